The van der Waals surface area contributed by atoms with Crippen LogP contribution < -0.4 is 42.9 Å². The summed E-state index contributed by atoms with van der Waals surface area (Å²) in [5.74, 6) is 1.38. The topological polar surface area (TPSA) is 42.7 Å². The van der Waals surface area contributed by atoms with E-state index in [4.69, 9.17) is 9.47 Å². The molecule has 1 aromatic carbocycles. The first-order chi connectivity index (χ1) is 16.6. The van der Waals surface area contributed by atoms with Crippen LogP contribution in [0.15, 0.2) is 42.7 Å². The molecule has 35 heavy (non-hydrogen) atoms. The van der Waals surface area contributed by atoms with Crippen LogP contribution in [0.25, 0.3) is 0 Å². The molecule has 5 nitrogen and oxygen atoms in total. The SMILES string of the molecule is CCCCCCCCCCCCOc1ccc(N(Cc2ccc[n+](CC)c2)C(C)=O)cc1OC.[I-]. The van der Waals surface area contributed by atoms with Gasteiger partial charge in [-0.15, -0.1) is 0 Å². The molecule has 6 heteroatoms. The van der Waals surface area contributed by atoms with Crippen molar-refractivity contribution in [1.82, 2.24) is 0 Å². The molecule has 0 bridgehead atoms. The maximum atomic E-state index is 12.4. The molecule has 0 saturated heterocycles. The van der Waals surface area contributed by atoms with Crippen molar-refractivity contribution < 1.29 is 42.8 Å². The van der Waals surface area contributed by atoms with Crippen molar-refractivity contribution in [2.45, 2.75) is 98.1 Å². The van der Waals surface area contributed by atoms with Gasteiger partial charge in [0.1, 0.15) is 6.54 Å². The van der Waals surface area contributed by atoms with Gasteiger partial charge in [0.2, 0.25) is 5.91 Å². The number of benzene rings is 1. The van der Waals surface area contributed by atoms with E-state index in [0.29, 0.717) is 18.9 Å². The fourth-order valence-electron chi connectivity index (χ4n) is 4.15. The third kappa shape index (κ3) is 11.6. The quantitative estimate of drug-likeness (QED) is 0.158. The first kappa shape index (κ1) is 31.2. The van der Waals surface area contributed by atoms with E-state index in [-0.39, 0.29) is 29.9 Å². The second kappa shape index (κ2) is 18.4. The molecule has 0 saturated carbocycles. The van der Waals surface area contributed by atoms with E-state index >= 15 is 0 Å². The minimum absolute atomic E-state index is 0. The number of carbonyl (C=O) groups excluding carboxylic acids is 1. The summed E-state index contributed by atoms with van der Waals surface area (Å²) in [7, 11) is 1.64. The molecule has 0 spiro atoms. The Kier molecular flexibility index (Phi) is 16.4. The fraction of sp³-hybridized carbons (Fsp3) is 0.586. The van der Waals surface area contributed by atoms with Gasteiger partial charge in [0.25, 0.3) is 0 Å². The smallest absolute Gasteiger partial charge is 0.224 e. The van der Waals surface area contributed by atoms with Gasteiger partial charge in [-0.05, 0) is 31.5 Å². The molecule has 0 aliphatic heterocycles. The van der Waals surface area contributed by atoms with Crippen LogP contribution in [0.2, 0.25) is 0 Å². The van der Waals surface area contributed by atoms with E-state index in [9.17, 15) is 4.79 Å². The number of methoxy groups -OCH3 is 1. The highest BCUT2D eigenvalue weighted by molar-refractivity contribution is 5.91. The Bertz CT molecular complexity index is 860. The highest BCUT2D eigenvalue weighted by Gasteiger charge is 2.16. The van der Waals surface area contributed by atoms with Crippen LogP contribution in [-0.4, -0.2) is 19.6 Å². The van der Waals surface area contributed by atoms with E-state index in [1.54, 1.807) is 18.9 Å². The highest BCUT2D eigenvalue weighted by Crippen LogP contribution is 2.32. The Morgan fingerprint density at radius 1 is 0.914 bits per heavy atom. The Hall–Kier alpha value is -1.83. The van der Waals surface area contributed by atoms with Gasteiger partial charge in [0, 0.05) is 30.3 Å². The zero-order valence-corrected chi connectivity index (χ0v) is 24.4. The molecule has 2 rings (SSSR count). The number of aromatic nitrogens is 1. The number of nitrogens with zero attached hydrogens (tertiary/aromatic N) is 2. The lowest BCUT2D eigenvalue weighted by Crippen LogP contribution is -3.00. The summed E-state index contributed by atoms with van der Waals surface area (Å²) >= 11 is 0. The predicted molar refractivity (Wildman–Crippen MR) is 140 cm³/mol. The van der Waals surface area contributed by atoms with Crippen molar-refractivity contribution in [3.63, 3.8) is 0 Å². The van der Waals surface area contributed by atoms with Gasteiger partial charge in [0.15, 0.2) is 23.9 Å². The van der Waals surface area contributed by atoms with Crippen LogP contribution in [0.4, 0.5) is 5.69 Å². The maximum Gasteiger partial charge on any atom is 0.224 e. The number of hydrogen-bond acceptors (Lipinski definition) is 3. The maximum absolute atomic E-state index is 12.4. The number of carbonyl (C=O) groups is 1. The molecule has 1 amide bonds. The van der Waals surface area contributed by atoms with Crippen LogP contribution in [0.3, 0.4) is 0 Å². The molecule has 0 unspecified atom stereocenters. The van der Waals surface area contributed by atoms with Gasteiger partial charge in [-0.1, -0.05) is 64.7 Å². The van der Waals surface area contributed by atoms with E-state index in [0.717, 1.165) is 30.0 Å². The number of rotatable bonds is 17. The number of hydrogen-bond donors (Lipinski definition) is 0. The molecule has 196 valence electrons. The van der Waals surface area contributed by atoms with Crippen LogP contribution in [0, 0.1) is 0 Å². The van der Waals surface area contributed by atoms with E-state index in [1.165, 1.54) is 57.8 Å². The lowest BCUT2D eigenvalue weighted by molar-refractivity contribution is -0.693. The number of anilines is 1. The molecular weight excluding hydrogens is 551 g/mol. The molecule has 0 atom stereocenters. The third-order valence-corrected chi connectivity index (χ3v) is 6.22. The Labute approximate surface area is 230 Å². The minimum Gasteiger partial charge on any atom is -1.00 e. The predicted octanol–water partition coefficient (Wildman–Crippen LogP) is 3.86. The highest BCUT2D eigenvalue weighted by atomic mass is 127. The van der Waals surface area contributed by atoms with Crippen molar-refractivity contribution in [2.24, 2.45) is 0 Å². The second-order valence-corrected chi connectivity index (χ2v) is 9.01. The number of halogens is 1. The summed E-state index contributed by atoms with van der Waals surface area (Å²) in [5.41, 5.74) is 1.89. The molecule has 0 aliphatic rings. The van der Waals surface area contributed by atoms with Gasteiger partial charge in [-0.2, -0.15) is 0 Å². The van der Waals surface area contributed by atoms with Crippen LogP contribution in [0.1, 0.15) is 90.5 Å². The summed E-state index contributed by atoms with van der Waals surface area (Å²) in [4.78, 5) is 14.2. The van der Waals surface area contributed by atoms with E-state index < -0.39 is 0 Å². The van der Waals surface area contributed by atoms with E-state index in [2.05, 4.69) is 24.6 Å². The number of aryl methyl sites for hydroxylation is 1. The van der Waals surface area contributed by atoms with Crippen molar-refractivity contribution in [3.05, 3.63) is 48.3 Å². The molecule has 0 N–H and O–H groups in total. The van der Waals surface area contributed by atoms with Crippen molar-refractivity contribution in [1.29, 1.82) is 0 Å². The van der Waals surface area contributed by atoms with Gasteiger partial charge in [-0.25, -0.2) is 4.57 Å². The van der Waals surface area contributed by atoms with Gasteiger partial charge in [0.05, 0.1) is 20.3 Å². The van der Waals surface area contributed by atoms with Crippen LogP contribution >= 0.6 is 0 Å². The van der Waals surface area contributed by atoms with Crippen molar-refractivity contribution in [3.8, 4) is 11.5 Å². The summed E-state index contributed by atoms with van der Waals surface area (Å²) in [6.45, 7) is 8.05. The zero-order chi connectivity index (χ0) is 24.6. The molecular formula is C29H45IN2O3. The molecule has 0 radical (unpaired) electrons. The standard InChI is InChI=1S/C29H45N2O3.HI/c1-5-7-8-9-10-11-12-13-14-15-21-34-28-19-18-27(22-29(28)33-4)31(25(3)32)24-26-17-16-20-30(6-2)23-26;/h16-20,22-23H,5-15,21,24H2,1-4H3;1H/q+1;/p-1. The molecule has 1 heterocycles. The van der Waals surface area contributed by atoms with Crippen LogP contribution in [-0.2, 0) is 17.9 Å². The lowest BCUT2D eigenvalue weighted by atomic mass is 10.1. The number of pyridine rings is 1. The van der Waals surface area contributed by atoms with Gasteiger partial charge >= 0.3 is 0 Å². The first-order valence-electron chi connectivity index (χ1n) is 13.2. The molecule has 0 aliphatic carbocycles. The minimum atomic E-state index is -0.00649. The van der Waals surface area contributed by atoms with Gasteiger partial charge < -0.3 is 38.4 Å². The third-order valence-electron chi connectivity index (χ3n) is 6.22. The van der Waals surface area contributed by atoms with Gasteiger partial charge in [-0.3, -0.25) is 4.79 Å². The van der Waals surface area contributed by atoms with Crippen molar-refractivity contribution in [2.75, 3.05) is 18.6 Å². The summed E-state index contributed by atoms with van der Waals surface area (Å²) in [6.07, 6.45) is 17.2. The average Bonchev–Trinajstić information content (AvgIpc) is 2.86. The monoisotopic (exact) mass is 596 g/mol. The zero-order valence-electron chi connectivity index (χ0n) is 22.2. The molecule has 2 aromatic rings. The number of unbranched alkanes of at least 4 members (excludes halogenated alkanes) is 9. The van der Waals surface area contributed by atoms with E-state index in [1.807, 2.05) is 36.5 Å². The molecule has 1 aromatic heterocycles. The summed E-state index contributed by atoms with van der Waals surface area (Å²) in [5, 5.41) is 0. The molecule has 0 fully saturated rings. The Morgan fingerprint density at radius 2 is 1.57 bits per heavy atom. The number of ether oxygens (including phenoxy) is 2. The first-order valence-corrected chi connectivity index (χ1v) is 13.2. The Morgan fingerprint density at radius 3 is 2.17 bits per heavy atom. The lowest BCUT2D eigenvalue weighted by Gasteiger charge is -2.22. The Balaban J connectivity index is 0.00000612. The summed E-state index contributed by atoms with van der Waals surface area (Å²) < 4.78 is 13.7. The second-order valence-electron chi connectivity index (χ2n) is 9.01. The van der Waals surface area contributed by atoms with Crippen molar-refractivity contribution >= 4 is 11.6 Å². The average molecular weight is 597 g/mol. The fourth-order valence-corrected chi connectivity index (χ4v) is 4.15. The number of amides is 1. The van der Waals surface area contributed by atoms with Crippen LogP contribution in [0.5, 0.6) is 11.5 Å². The summed E-state index contributed by atoms with van der Waals surface area (Å²) in [6, 6.07) is 9.81. The normalized spacial score (nSPS) is 10.5. The largest absolute Gasteiger partial charge is 1.00 e.